The van der Waals surface area contributed by atoms with Gasteiger partial charge in [-0.3, -0.25) is 9.78 Å². The zero-order valence-corrected chi connectivity index (χ0v) is 11.7. The Bertz CT molecular complexity index is 486. The number of aromatic nitrogens is 1. The summed E-state index contributed by atoms with van der Waals surface area (Å²) in [5.41, 5.74) is -0.188. The van der Waals surface area contributed by atoms with E-state index in [9.17, 15) is 14.7 Å². The number of hydrogen-bond donors (Lipinski definition) is 3. The predicted molar refractivity (Wildman–Crippen MR) is 74.6 cm³/mol. The van der Waals surface area contributed by atoms with Crippen LogP contribution in [0.15, 0.2) is 24.4 Å². The Labute approximate surface area is 122 Å². The van der Waals surface area contributed by atoms with Crippen molar-refractivity contribution in [2.45, 2.75) is 19.4 Å². The van der Waals surface area contributed by atoms with Gasteiger partial charge >= 0.3 is 12.0 Å². The molecule has 0 bridgehead atoms. The van der Waals surface area contributed by atoms with Crippen molar-refractivity contribution < 1.29 is 19.4 Å². The fourth-order valence-corrected chi connectivity index (χ4v) is 2.21. The van der Waals surface area contributed by atoms with E-state index in [2.05, 4.69) is 15.6 Å². The first-order valence-corrected chi connectivity index (χ1v) is 6.85. The summed E-state index contributed by atoms with van der Waals surface area (Å²) in [6.07, 6.45) is 2.46. The summed E-state index contributed by atoms with van der Waals surface area (Å²) in [6.45, 7) is 1.21. The Hall–Kier alpha value is -2.15. The number of urea groups is 1. The molecule has 1 fully saturated rings. The first kappa shape index (κ1) is 15.2. The van der Waals surface area contributed by atoms with Gasteiger partial charge in [0.15, 0.2) is 0 Å². The zero-order chi connectivity index (χ0) is 15.1. The van der Waals surface area contributed by atoms with Crippen molar-refractivity contribution in [3.8, 4) is 0 Å². The highest BCUT2D eigenvalue weighted by Gasteiger charge is 2.40. The topological polar surface area (TPSA) is 101 Å². The van der Waals surface area contributed by atoms with Gasteiger partial charge in [-0.05, 0) is 25.0 Å². The third kappa shape index (κ3) is 4.16. The molecule has 114 valence electrons. The van der Waals surface area contributed by atoms with Crippen molar-refractivity contribution in [2.24, 2.45) is 5.41 Å². The van der Waals surface area contributed by atoms with Gasteiger partial charge in [-0.2, -0.15) is 0 Å². The molecule has 0 unspecified atom stereocenters. The van der Waals surface area contributed by atoms with Crippen LogP contribution in [0.1, 0.15) is 18.5 Å². The summed E-state index contributed by atoms with van der Waals surface area (Å²) in [7, 11) is 0. The second-order valence-electron chi connectivity index (χ2n) is 5.06. The lowest BCUT2D eigenvalue weighted by molar-refractivity contribution is -0.154. The van der Waals surface area contributed by atoms with Gasteiger partial charge in [0.05, 0.1) is 17.7 Å². The summed E-state index contributed by atoms with van der Waals surface area (Å²) < 4.78 is 5.19. The van der Waals surface area contributed by atoms with Crippen LogP contribution in [-0.2, 0) is 16.1 Å². The molecule has 3 N–H and O–H groups in total. The minimum absolute atomic E-state index is 0.0970. The van der Waals surface area contributed by atoms with E-state index < -0.39 is 17.4 Å². The number of aliphatic carboxylic acids is 1. The average molecular weight is 293 g/mol. The van der Waals surface area contributed by atoms with Gasteiger partial charge in [-0.25, -0.2) is 4.79 Å². The van der Waals surface area contributed by atoms with Crippen LogP contribution in [0.4, 0.5) is 4.79 Å². The van der Waals surface area contributed by atoms with E-state index in [0.717, 1.165) is 5.69 Å². The number of pyridine rings is 1. The average Bonchev–Trinajstić information content (AvgIpc) is 2.52. The smallest absolute Gasteiger partial charge is 0.315 e. The van der Waals surface area contributed by atoms with E-state index >= 15 is 0 Å². The molecule has 1 aliphatic heterocycles. The molecule has 1 aromatic rings. The van der Waals surface area contributed by atoms with Crippen molar-refractivity contribution in [1.82, 2.24) is 15.6 Å². The summed E-state index contributed by atoms with van der Waals surface area (Å²) >= 11 is 0. The van der Waals surface area contributed by atoms with E-state index in [1.54, 1.807) is 18.3 Å². The van der Waals surface area contributed by atoms with E-state index in [-0.39, 0.29) is 6.54 Å². The Morgan fingerprint density at radius 1 is 1.29 bits per heavy atom. The highest BCUT2D eigenvalue weighted by molar-refractivity contribution is 5.78. The number of carboxylic acids is 1. The number of carboxylic acid groups (broad SMARTS) is 1. The second kappa shape index (κ2) is 7.03. The van der Waals surface area contributed by atoms with E-state index in [0.29, 0.717) is 32.6 Å². The molecule has 0 spiro atoms. The summed E-state index contributed by atoms with van der Waals surface area (Å²) in [4.78, 5) is 27.3. The lowest BCUT2D eigenvalue weighted by atomic mass is 9.80. The minimum atomic E-state index is -0.930. The molecular weight excluding hydrogens is 274 g/mol. The quantitative estimate of drug-likeness (QED) is 0.744. The Morgan fingerprint density at radius 3 is 2.67 bits per heavy atom. The van der Waals surface area contributed by atoms with Gasteiger partial charge in [-0.15, -0.1) is 0 Å². The predicted octanol–water partition coefficient (Wildman–Crippen LogP) is 0.762. The second-order valence-corrected chi connectivity index (χ2v) is 5.06. The summed E-state index contributed by atoms with van der Waals surface area (Å²) in [5.74, 6) is -0.893. The van der Waals surface area contributed by atoms with Crippen LogP contribution in [0.3, 0.4) is 0 Å². The Kier molecular flexibility index (Phi) is 5.10. The molecule has 1 saturated heterocycles. The molecule has 1 aromatic heterocycles. The summed E-state index contributed by atoms with van der Waals surface area (Å²) in [5, 5.41) is 14.7. The largest absolute Gasteiger partial charge is 0.481 e. The number of nitrogens with one attached hydrogen (secondary N) is 2. The molecule has 2 rings (SSSR count). The molecule has 2 amide bonds. The number of amides is 2. The highest BCUT2D eigenvalue weighted by Crippen LogP contribution is 2.29. The molecule has 0 radical (unpaired) electrons. The molecule has 1 aliphatic rings. The van der Waals surface area contributed by atoms with Crippen molar-refractivity contribution in [1.29, 1.82) is 0 Å². The number of carbonyl (C=O) groups is 2. The maximum absolute atomic E-state index is 11.7. The van der Waals surface area contributed by atoms with Crippen LogP contribution in [-0.4, -0.2) is 41.8 Å². The third-order valence-corrected chi connectivity index (χ3v) is 3.65. The molecule has 0 aromatic carbocycles. The molecule has 0 saturated carbocycles. The van der Waals surface area contributed by atoms with Crippen molar-refractivity contribution in [3.05, 3.63) is 30.1 Å². The van der Waals surface area contributed by atoms with Crippen molar-refractivity contribution in [2.75, 3.05) is 19.8 Å². The van der Waals surface area contributed by atoms with Gasteiger partial charge < -0.3 is 20.5 Å². The highest BCUT2D eigenvalue weighted by atomic mass is 16.5. The van der Waals surface area contributed by atoms with E-state index in [1.165, 1.54) is 0 Å². The van der Waals surface area contributed by atoms with Crippen LogP contribution < -0.4 is 10.6 Å². The van der Waals surface area contributed by atoms with Crippen LogP contribution in [0, 0.1) is 5.41 Å². The van der Waals surface area contributed by atoms with Gasteiger partial charge in [0.2, 0.25) is 0 Å². The number of nitrogens with zero attached hydrogens (tertiary/aromatic N) is 1. The Morgan fingerprint density at radius 2 is 2.05 bits per heavy atom. The summed E-state index contributed by atoms with van der Waals surface area (Å²) in [6, 6.07) is 5.04. The maximum Gasteiger partial charge on any atom is 0.315 e. The number of carbonyl (C=O) groups excluding carboxylic acids is 1. The van der Waals surface area contributed by atoms with E-state index in [4.69, 9.17) is 4.74 Å². The van der Waals surface area contributed by atoms with Crippen LogP contribution in [0.2, 0.25) is 0 Å². The molecule has 2 heterocycles. The normalized spacial score (nSPS) is 17.0. The number of rotatable bonds is 5. The van der Waals surface area contributed by atoms with Crippen LogP contribution in [0.5, 0.6) is 0 Å². The van der Waals surface area contributed by atoms with Crippen LogP contribution >= 0.6 is 0 Å². The molecule has 21 heavy (non-hydrogen) atoms. The number of hydrogen-bond acceptors (Lipinski definition) is 4. The Balaban J connectivity index is 1.80. The molecule has 0 aliphatic carbocycles. The van der Waals surface area contributed by atoms with Gasteiger partial charge in [-0.1, -0.05) is 6.07 Å². The van der Waals surface area contributed by atoms with Gasteiger partial charge in [0.1, 0.15) is 0 Å². The lowest BCUT2D eigenvalue weighted by Crippen LogP contribution is -2.48. The fourth-order valence-electron chi connectivity index (χ4n) is 2.21. The number of ether oxygens (including phenoxy) is 1. The molecule has 7 nitrogen and oxygen atoms in total. The lowest BCUT2D eigenvalue weighted by Gasteiger charge is -2.33. The van der Waals surface area contributed by atoms with Gasteiger partial charge in [0, 0.05) is 26.0 Å². The standard InChI is InChI=1S/C14H19N3O4/c18-12(19)14(4-7-21-8-5-14)10-17-13(20)16-9-11-3-1-2-6-15-11/h1-3,6H,4-5,7-10H2,(H,18,19)(H2,16,17,20). The molecule has 7 heteroatoms. The molecular formula is C14H19N3O4. The molecule has 0 atom stereocenters. The van der Waals surface area contributed by atoms with E-state index in [1.807, 2.05) is 6.07 Å². The monoisotopic (exact) mass is 293 g/mol. The fraction of sp³-hybridized carbons (Fsp3) is 0.500. The SMILES string of the molecule is O=C(NCc1ccccn1)NCC1(C(=O)O)CCOCC1. The first-order chi connectivity index (χ1) is 10.1. The third-order valence-electron chi connectivity index (χ3n) is 3.65. The van der Waals surface area contributed by atoms with Crippen molar-refractivity contribution in [3.63, 3.8) is 0 Å². The van der Waals surface area contributed by atoms with Crippen molar-refractivity contribution >= 4 is 12.0 Å². The van der Waals surface area contributed by atoms with Crippen LogP contribution in [0.25, 0.3) is 0 Å². The zero-order valence-electron chi connectivity index (χ0n) is 11.7. The van der Waals surface area contributed by atoms with Gasteiger partial charge in [0.25, 0.3) is 0 Å². The minimum Gasteiger partial charge on any atom is -0.481 e. The maximum atomic E-state index is 11.7. The first-order valence-electron chi connectivity index (χ1n) is 6.85.